The number of aliphatic hydroxyl groups excluding tert-OH is 4. The Balaban J connectivity index is 1.30. The molecule has 35 heavy (non-hydrogen) atoms. The second-order valence-electron chi connectivity index (χ2n) is 12.2. The molecule has 0 aromatic rings. The van der Waals surface area contributed by atoms with Gasteiger partial charge in [0.1, 0.15) is 30.0 Å². The Labute approximate surface area is 204 Å². The zero-order chi connectivity index (χ0) is 25.1. The van der Waals surface area contributed by atoms with Crippen LogP contribution in [0.3, 0.4) is 0 Å². The molecule has 0 radical (unpaired) electrons. The van der Waals surface area contributed by atoms with E-state index in [2.05, 4.69) is 13.5 Å². The summed E-state index contributed by atoms with van der Waals surface area (Å²) < 4.78 is 17.7. The van der Waals surface area contributed by atoms with Gasteiger partial charge in [-0.3, -0.25) is 9.59 Å². The van der Waals surface area contributed by atoms with Crippen LogP contribution in [0, 0.1) is 28.1 Å². The fraction of sp³-hybridized carbons (Fsp3) is 0.846. The average Bonchev–Trinajstić information content (AvgIpc) is 3.61. The zero-order valence-corrected chi connectivity index (χ0v) is 20.3. The molecule has 5 saturated carbocycles. The Morgan fingerprint density at radius 1 is 1.09 bits per heavy atom. The summed E-state index contributed by atoms with van der Waals surface area (Å²) in [6, 6.07) is 0. The number of epoxide rings is 1. The Bertz CT molecular complexity index is 980. The summed E-state index contributed by atoms with van der Waals surface area (Å²) in [6.07, 6.45) is -2.20. The maximum Gasteiger partial charge on any atom is 0.314 e. The summed E-state index contributed by atoms with van der Waals surface area (Å²) >= 11 is 0. The van der Waals surface area contributed by atoms with Crippen molar-refractivity contribution < 1.29 is 44.2 Å². The molecule has 5 aliphatic carbocycles. The zero-order valence-electron chi connectivity index (χ0n) is 20.3. The second kappa shape index (κ2) is 7.36. The molecule has 2 saturated heterocycles. The van der Waals surface area contributed by atoms with Gasteiger partial charge in [-0.1, -0.05) is 19.9 Å². The summed E-state index contributed by atoms with van der Waals surface area (Å²) in [5, 5.41) is 40.0. The van der Waals surface area contributed by atoms with Crippen LogP contribution in [0.25, 0.3) is 0 Å². The van der Waals surface area contributed by atoms with Crippen LogP contribution >= 0.6 is 0 Å². The van der Waals surface area contributed by atoms with E-state index in [0.29, 0.717) is 24.8 Å². The van der Waals surface area contributed by atoms with Crippen molar-refractivity contribution in [3.63, 3.8) is 0 Å². The highest BCUT2D eigenvalue weighted by Crippen LogP contribution is 2.80. The number of hydrogen-bond donors (Lipinski definition) is 4. The van der Waals surface area contributed by atoms with Crippen molar-refractivity contribution in [2.45, 2.75) is 101 Å². The first-order valence-corrected chi connectivity index (χ1v) is 12.9. The first-order valence-electron chi connectivity index (χ1n) is 12.9. The summed E-state index contributed by atoms with van der Waals surface area (Å²) in [6.45, 7) is 7.58. The monoisotopic (exact) mass is 492 g/mol. The van der Waals surface area contributed by atoms with Gasteiger partial charge in [-0.15, -0.1) is 0 Å². The van der Waals surface area contributed by atoms with Gasteiger partial charge in [-0.05, 0) is 56.9 Å². The first kappa shape index (κ1) is 24.0. The minimum absolute atomic E-state index is 0.0296. The van der Waals surface area contributed by atoms with Gasteiger partial charge in [0, 0.05) is 11.3 Å². The fourth-order valence-corrected chi connectivity index (χ4v) is 9.20. The van der Waals surface area contributed by atoms with Gasteiger partial charge in [-0.25, -0.2) is 0 Å². The standard InChI is InChI=1S/C26H36O9/c1-12-13-5-9-25(19(12)31)10-6-15-23(2,7-4-8-24(15,3)26(25)20(13)35-26)22(32)34-21-18(30)17(29)16(28)14(11-27)33-21/h13-18,20-21,27-30H,1,4-11H2,2-3H3/t13-,14-,15-,16-,17+,18-,20+,21+,23-,24-,25-,26-/m1/s1. The van der Waals surface area contributed by atoms with Crippen LogP contribution in [0.4, 0.5) is 0 Å². The lowest BCUT2D eigenvalue weighted by molar-refractivity contribution is -0.298. The van der Waals surface area contributed by atoms with Crippen molar-refractivity contribution in [1.82, 2.24) is 0 Å². The second-order valence-corrected chi connectivity index (χ2v) is 12.2. The highest BCUT2D eigenvalue weighted by atomic mass is 16.7. The molecule has 0 unspecified atom stereocenters. The van der Waals surface area contributed by atoms with Gasteiger partial charge in [-0.2, -0.15) is 0 Å². The fourth-order valence-electron chi connectivity index (χ4n) is 9.20. The van der Waals surface area contributed by atoms with Gasteiger partial charge in [0.25, 0.3) is 0 Å². The minimum Gasteiger partial charge on any atom is -0.432 e. The molecule has 4 N–H and O–H groups in total. The predicted octanol–water partition coefficient (Wildman–Crippen LogP) is 0.609. The van der Waals surface area contributed by atoms with Gasteiger partial charge >= 0.3 is 5.97 Å². The number of ether oxygens (including phenoxy) is 3. The number of esters is 1. The molecule has 9 nitrogen and oxygen atoms in total. The molecule has 0 aromatic carbocycles. The van der Waals surface area contributed by atoms with Gasteiger partial charge in [0.2, 0.25) is 6.29 Å². The third-order valence-electron chi connectivity index (χ3n) is 11.0. The molecule has 0 aromatic heterocycles. The molecule has 2 aliphatic heterocycles. The lowest BCUT2D eigenvalue weighted by Gasteiger charge is -2.64. The summed E-state index contributed by atoms with van der Waals surface area (Å²) in [4.78, 5) is 27.2. The van der Waals surface area contributed by atoms with E-state index in [9.17, 15) is 30.0 Å². The van der Waals surface area contributed by atoms with Crippen LogP contribution in [-0.2, 0) is 23.8 Å². The van der Waals surface area contributed by atoms with Crippen LogP contribution in [-0.4, -0.2) is 81.2 Å². The van der Waals surface area contributed by atoms with E-state index in [-0.39, 0.29) is 23.7 Å². The van der Waals surface area contributed by atoms with Crippen molar-refractivity contribution in [3.05, 3.63) is 12.2 Å². The quantitative estimate of drug-likeness (QED) is 0.253. The maximum absolute atomic E-state index is 13.7. The largest absolute Gasteiger partial charge is 0.432 e. The number of hydrogen-bond acceptors (Lipinski definition) is 9. The molecule has 7 rings (SSSR count). The number of ketones is 1. The van der Waals surface area contributed by atoms with Crippen molar-refractivity contribution >= 4 is 11.8 Å². The van der Waals surface area contributed by atoms with Gasteiger partial charge in [0.15, 0.2) is 5.78 Å². The van der Waals surface area contributed by atoms with E-state index in [1.165, 1.54) is 0 Å². The number of aliphatic hydroxyl groups is 4. The van der Waals surface area contributed by atoms with E-state index in [1.54, 1.807) is 0 Å². The number of fused-ring (bicyclic) bond motifs is 3. The molecular formula is C26H36O9. The Kier molecular flexibility index (Phi) is 5.05. The SMILES string of the molecule is C=C1C(=O)[C@]23CC[C@H]1[C@@H]1O[C@@]12[C@]1(C)CCC[C@@](C)(C(=O)O[C@@H]2O[C@H](CO)[C@@H](O)[C@H](O)[C@H]2O)[C@H]1CC3. The minimum atomic E-state index is -1.64. The van der Waals surface area contributed by atoms with Gasteiger partial charge in [0.05, 0.1) is 23.5 Å². The summed E-state index contributed by atoms with van der Waals surface area (Å²) in [5.41, 5.74) is -1.73. The van der Waals surface area contributed by atoms with Crippen LogP contribution in [0.15, 0.2) is 12.2 Å². The molecule has 2 bridgehead atoms. The van der Waals surface area contributed by atoms with E-state index in [1.807, 2.05) is 6.92 Å². The molecule has 9 heteroatoms. The highest BCUT2D eigenvalue weighted by Gasteiger charge is 2.87. The molecule has 2 spiro atoms. The van der Waals surface area contributed by atoms with Crippen molar-refractivity contribution in [1.29, 1.82) is 0 Å². The van der Waals surface area contributed by atoms with E-state index in [0.717, 1.165) is 25.7 Å². The van der Waals surface area contributed by atoms with E-state index >= 15 is 0 Å². The highest BCUT2D eigenvalue weighted by molar-refractivity contribution is 6.04. The van der Waals surface area contributed by atoms with Crippen LogP contribution in [0.2, 0.25) is 0 Å². The number of carbonyl (C=O) groups is 2. The number of carbonyl (C=O) groups excluding carboxylic acids is 2. The molecular weight excluding hydrogens is 456 g/mol. The summed E-state index contributed by atoms with van der Waals surface area (Å²) in [7, 11) is 0. The Morgan fingerprint density at radius 3 is 2.51 bits per heavy atom. The Morgan fingerprint density at radius 2 is 1.80 bits per heavy atom. The van der Waals surface area contributed by atoms with E-state index in [4.69, 9.17) is 14.2 Å². The molecule has 194 valence electrons. The van der Waals surface area contributed by atoms with Gasteiger partial charge < -0.3 is 34.6 Å². The predicted molar refractivity (Wildman–Crippen MR) is 120 cm³/mol. The molecule has 7 aliphatic rings. The summed E-state index contributed by atoms with van der Waals surface area (Å²) in [5.74, 6) is -0.441. The van der Waals surface area contributed by atoms with Crippen molar-refractivity contribution in [2.24, 2.45) is 28.1 Å². The van der Waals surface area contributed by atoms with E-state index < -0.39 is 65.1 Å². The number of Topliss-reactive ketones (excluding diaryl/α,β-unsaturated/α-hetero) is 1. The lowest BCUT2D eigenvalue weighted by atomic mass is 9.36. The normalized spacial score (nSPS) is 56.6. The van der Waals surface area contributed by atoms with Crippen molar-refractivity contribution in [2.75, 3.05) is 6.61 Å². The third-order valence-corrected chi connectivity index (χ3v) is 11.0. The van der Waals surface area contributed by atoms with Crippen molar-refractivity contribution in [3.8, 4) is 0 Å². The third kappa shape index (κ3) is 2.64. The molecule has 7 fully saturated rings. The van der Waals surface area contributed by atoms with Crippen LogP contribution < -0.4 is 0 Å². The Hall–Kier alpha value is -1.36. The van der Waals surface area contributed by atoms with Crippen LogP contribution in [0.1, 0.15) is 58.8 Å². The lowest BCUT2D eigenvalue weighted by Crippen LogP contribution is -2.70. The molecule has 12 atom stereocenters. The molecule has 0 amide bonds. The number of rotatable bonds is 3. The first-order chi connectivity index (χ1) is 16.5. The average molecular weight is 493 g/mol. The topological polar surface area (TPSA) is 146 Å². The smallest absolute Gasteiger partial charge is 0.314 e. The molecule has 2 heterocycles. The van der Waals surface area contributed by atoms with Crippen LogP contribution in [0.5, 0.6) is 0 Å². The maximum atomic E-state index is 13.7.